The minimum atomic E-state index is -0.0190. The van der Waals surface area contributed by atoms with Gasteiger partial charge in [-0.05, 0) is 147 Å². The summed E-state index contributed by atoms with van der Waals surface area (Å²) in [6.07, 6.45) is 18.2. The van der Waals surface area contributed by atoms with Crippen LogP contribution in [-0.2, 0) is 14.3 Å². The number of esters is 1. The van der Waals surface area contributed by atoms with Crippen molar-refractivity contribution in [3.8, 4) is 0 Å². The van der Waals surface area contributed by atoms with E-state index in [0.29, 0.717) is 59.4 Å². The van der Waals surface area contributed by atoms with Gasteiger partial charge in [-0.2, -0.15) is 0 Å². The Morgan fingerprint density at radius 3 is 2.48 bits per heavy atom. The molecule has 3 fully saturated rings. The topological polar surface area (TPSA) is 69.4 Å². The molecule has 232 valence electrons. The van der Waals surface area contributed by atoms with Gasteiger partial charge in [-0.3, -0.25) is 9.59 Å². The van der Waals surface area contributed by atoms with Crippen molar-refractivity contribution < 1.29 is 14.3 Å². The molecule has 0 spiro atoms. The largest absolute Gasteiger partial charge is 0.466 e. The summed E-state index contributed by atoms with van der Waals surface area (Å²) in [4.78, 5) is 25.8. The van der Waals surface area contributed by atoms with Crippen LogP contribution in [0.25, 0.3) is 0 Å². The van der Waals surface area contributed by atoms with Crippen molar-refractivity contribution in [2.75, 3.05) is 13.2 Å². The number of fused-ring (bicyclic) bond motifs is 7. The zero-order valence-electron chi connectivity index (χ0n) is 27.4. The van der Waals surface area contributed by atoms with Crippen LogP contribution in [0.3, 0.4) is 0 Å². The summed E-state index contributed by atoms with van der Waals surface area (Å²) in [5, 5.41) is 0. The SMILES string of the molecule is CCOC(=O)C1CC=C(C2=CCC3(C)C(CCC4(C)C5CCC6(CCN)CC(=O)C(C(C)C)=C6C5CCC34)C2C)CC1. The van der Waals surface area contributed by atoms with Crippen LogP contribution < -0.4 is 5.73 Å². The molecule has 0 amide bonds. The minimum Gasteiger partial charge on any atom is -0.466 e. The second-order valence-electron chi connectivity index (χ2n) is 16.0. The number of Topliss-reactive ketones (excluding diaryl/α,β-unsaturated/α-hetero) is 1. The number of allylic oxidation sites excluding steroid dienone is 6. The number of carbonyl (C=O) groups excluding carboxylic acids is 2. The average Bonchev–Trinajstić information content (AvgIpc) is 3.25. The molecule has 9 unspecified atom stereocenters. The van der Waals surface area contributed by atoms with Crippen LogP contribution in [0.1, 0.15) is 119 Å². The summed E-state index contributed by atoms with van der Waals surface area (Å²) >= 11 is 0. The van der Waals surface area contributed by atoms with Crippen LogP contribution in [0.4, 0.5) is 0 Å². The third-order valence-corrected chi connectivity index (χ3v) is 14.0. The summed E-state index contributed by atoms with van der Waals surface area (Å²) < 4.78 is 5.32. The third kappa shape index (κ3) is 4.47. The second kappa shape index (κ2) is 11.0. The Labute approximate surface area is 255 Å². The standard InChI is InChI=1S/C38H57NO3/c1-7-42-35(41)26-10-8-25(9-11-26)27-14-17-36(5)29(24(27)4)15-18-37(6)30-16-19-38(20-21-39)22-31(40)33(23(2)3)34(38)28(30)12-13-32(36)37/h8,14,23-24,26,28-30,32H,7,9-13,15-22,39H2,1-6H3. The van der Waals surface area contributed by atoms with Gasteiger partial charge in [0.15, 0.2) is 5.78 Å². The number of hydrogen-bond acceptors (Lipinski definition) is 4. The molecule has 0 aromatic rings. The molecular weight excluding hydrogens is 518 g/mol. The van der Waals surface area contributed by atoms with E-state index >= 15 is 0 Å². The molecule has 0 aromatic carbocycles. The number of hydrogen-bond donors (Lipinski definition) is 1. The predicted molar refractivity (Wildman–Crippen MR) is 169 cm³/mol. The van der Waals surface area contributed by atoms with Crippen LogP contribution >= 0.6 is 0 Å². The second-order valence-corrected chi connectivity index (χ2v) is 16.0. The highest BCUT2D eigenvalue weighted by atomic mass is 16.5. The molecule has 9 atom stereocenters. The first-order valence-electron chi connectivity index (χ1n) is 17.5. The van der Waals surface area contributed by atoms with Gasteiger partial charge >= 0.3 is 5.97 Å². The average molecular weight is 576 g/mol. The van der Waals surface area contributed by atoms with E-state index < -0.39 is 0 Å². The molecule has 6 aliphatic rings. The Kier molecular flexibility index (Phi) is 7.98. The van der Waals surface area contributed by atoms with Crippen LogP contribution in [0, 0.1) is 57.7 Å². The van der Waals surface area contributed by atoms with E-state index in [-0.39, 0.29) is 17.3 Å². The zero-order chi connectivity index (χ0) is 30.0. The fourth-order valence-electron chi connectivity index (χ4n) is 12.2. The highest BCUT2D eigenvalue weighted by Gasteiger charge is 2.64. The van der Waals surface area contributed by atoms with Crippen LogP contribution in [-0.4, -0.2) is 24.9 Å². The molecule has 2 N–H and O–H groups in total. The van der Waals surface area contributed by atoms with Crippen LogP contribution in [0.2, 0.25) is 0 Å². The van der Waals surface area contributed by atoms with Gasteiger partial charge in [-0.25, -0.2) is 0 Å². The van der Waals surface area contributed by atoms with E-state index in [2.05, 4.69) is 46.8 Å². The molecule has 0 saturated heterocycles. The lowest BCUT2D eigenvalue weighted by molar-refractivity contribution is -0.148. The highest BCUT2D eigenvalue weighted by Crippen LogP contribution is 2.72. The number of ketones is 1. The third-order valence-electron chi connectivity index (χ3n) is 14.0. The molecule has 6 rings (SSSR count). The van der Waals surface area contributed by atoms with Crippen molar-refractivity contribution in [3.63, 3.8) is 0 Å². The lowest BCUT2D eigenvalue weighted by Gasteiger charge is -2.66. The number of rotatable bonds is 6. The first-order chi connectivity index (χ1) is 20.0. The van der Waals surface area contributed by atoms with Crippen molar-refractivity contribution in [2.24, 2.45) is 63.4 Å². The summed E-state index contributed by atoms with van der Waals surface area (Å²) in [6, 6.07) is 0. The van der Waals surface area contributed by atoms with Crippen LogP contribution in [0.5, 0.6) is 0 Å². The number of carbonyl (C=O) groups is 2. The zero-order valence-corrected chi connectivity index (χ0v) is 27.4. The lowest BCUT2D eigenvalue weighted by atomic mass is 9.38. The maximum absolute atomic E-state index is 13.5. The highest BCUT2D eigenvalue weighted by molar-refractivity contribution is 6.00. The molecule has 3 saturated carbocycles. The Balaban J connectivity index is 1.27. The molecule has 0 radical (unpaired) electrons. The molecule has 0 aromatic heterocycles. The van der Waals surface area contributed by atoms with Gasteiger partial charge in [0, 0.05) is 11.8 Å². The summed E-state index contributed by atoms with van der Waals surface area (Å²) in [6.45, 7) is 15.4. The summed E-state index contributed by atoms with van der Waals surface area (Å²) in [5.41, 5.74) is 12.8. The van der Waals surface area contributed by atoms with Crippen molar-refractivity contribution >= 4 is 11.8 Å². The summed E-state index contributed by atoms with van der Waals surface area (Å²) in [7, 11) is 0. The van der Waals surface area contributed by atoms with Crippen molar-refractivity contribution in [3.05, 3.63) is 34.4 Å². The van der Waals surface area contributed by atoms with Crippen molar-refractivity contribution in [1.82, 2.24) is 0 Å². The molecule has 0 bridgehead atoms. The predicted octanol–water partition coefficient (Wildman–Crippen LogP) is 8.36. The van der Waals surface area contributed by atoms with E-state index in [4.69, 9.17) is 10.5 Å². The van der Waals surface area contributed by atoms with E-state index in [1.165, 1.54) is 49.7 Å². The maximum atomic E-state index is 13.5. The van der Waals surface area contributed by atoms with E-state index in [0.717, 1.165) is 44.4 Å². The smallest absolute Gasteiger partial charge is 0.309 e. The number of ether oxygens (including phenoxy) is 1. The van der Waals surface area contributed by atoms with Gasteiger partial charge in [0.1, 0.15) is 0 Å². The quantitative estimate of drug-likeness (QED) is 0.323. The monoisotopic (exact) mass is 575 g/mol. The van der Waals surface area contributed by atoms with Gasteiger partial charge < -0.3 is 10.5 Å². The van der Waals surface area contributed by atoms with Gasteiger partial charge in [0.25, 0.3) is 0 Å². The van der Waals surface area contributed by atoms with Crippen LogP contribution in [0.15, 0.2) is 34.4 Å². The molecule has 4 nitrogen and oxygen atoms in total. The fourth-order valence-corrected chi connectivity index (χ4v) is 12.2. The Morgan fingerprint density at radius 2 is 1.81 bits per heavy atom. The Hall–Kier alpha value is -1.68. The van der Waals surface area contributed by atoms with Gasteiger partial charge in [-0.1, -0.05) is 52.3 Å². The van der Waals surface area contributed by atoms with Gasteiger partial charge in [-0.15, -0.1) is 0 Å². The molecule has 6 aliphatic carbocycles. The van der Waals surface area contributed by atoms with Gasteiger partial charge in [0.2, 0.25) is 0 Å². The maximum Gasteiger partial charge on any atom is 0.309 e. The van der Waals surface area contributed by atoms with Gasteiger partial charge in [0.05, 0.1) is 12.5 Å². The number of nitrogens with two attached hydrogens (primary N) is 1. The Morgan fingerprint density at radius 1 is 1.05 bits per heavy atom. The molecule has 4 heteroatoms. The Bertz CT molecular complexity index is 1210. The van der Waals surface area contributed by atoms with Crippen molar-refractivity contribution in [1.29, 1.82) is 0 Å². The summed E-state index contributed by atoms with van der Waals surface area (Å²) in [5.74, 6) is 4.05. The molecule has 0 aliphatic heterocycles. The van der Waals surface area contributed by atoms with E-state index in [1.54, 1.807) is 11.1 Å². The van der Waals surface area contributed by atoms with Crippen molar-refractivity contribution in [2.45, 2.75) is 119 Å². The molecular formula is C38H57NO3. The fraction of sp³-hybridized carbons (Fsp3) is 0.789. The van der Waals surface area contributed by atoms with E-state index in [9.17, 15) is 9.59 Å². The first-order valence-corrected chi connectivity index (χ1v) is 17.5. The van der Waals surface area contributed by atoms with E-state index in [1.807, 2.05) is 6.92 Å². The normalized spacial score (nSPS) is 43.2. The molecule has 0 heterocycles. The minimum absolute atomic E-state index is 0.0190. The molecule has 42 heavy (non-hydrogen) atoms. The lowest BCUT2D eigenvalue weighted by Crippen LogP contribution is -2.59. The first kappa shape index (κ1) is 30.4.